The van der Waals surface area contributed by atoms with E-state index in [1.165, 1.54) is 12.4 Å². The van der Waals surface area contributed by atoms with Crippen LogP contribution in [-0.4, -0.2) is 24.3 Å². The molecule has 0 fully saturated rings. The molecule has 0 aliphatic carbocycles. The number of nitro groups is 1. The smallest absolute Gasteiger partial charge is 0.278 e. The highest BCUT2D eigenvalue weighted by Crippen LogP contribution is 2.26. The molecule has 0 spiro atoms. The predicted molar refractivity (Wildman–Crippen MR) is 73.4 cm³/mol. The standard InChI is InChI=1S/C13H13N5O2/c1-2-17-13(14-9-15-17)8-16-7-6-10-11(16)4-3-5-12(10)18(19)20/h3-7,9H,2,8H2,1H3. The van der Waals surface area contributed by atoms with E-state index < -0.39 is 0 Å². The van der Waals surface area contributed by atoms with Crippen molar-refractivity contribution < 1.29 is 4.92 Å². The van der Waals surface area contributed by atoms with Crippen LogP contribution in [0, 0.1) is 10.1 Å². The summed E-state index contributed by atoms with van der Waals surface area (Å²) in [5.41, 5.74) is 0.947. The topological polar surface area (TPSA) is 78.8 Å². The third-order valence-corrected chi connectivity index (χ3v) is 3.29. The molecule has 1 aromatic carbocycles. The van der Waals surface area contributed by atoms with Crippen molar-refractivity contribution in [1.29, 1.82) is 0 Å². The maximum Gasteiger partial charge on any atom is 0.278 e. The van der Waals surface area contributed by atoms with E-state index in [-0.39, 0.29) is 10.6 Å². The summed E-state index contributed by atoms with van der Waals surface area (Å²) < 4.78 is 3.75. The Labute approximate surface area is 114 Å². The van der Waals surface area contributed by atoms with Gasteiger partial charge in [0, 0.05) is 18.8 Å². The van der Waals surface area contributed by atoms with Crippen LogP contribution >= 0.6 is 0 Å². The van der Waals surface area contributed by atoms with Crippen molar-refractivity contribution >= 4 is 16.6 Å². The van der Waals surface area contributed by atoms with Gasteiger partial charge in [0.15, 0.2) is 0 Å². The van der Waals surface area contributed by atoms with Gasteiger partial charge < -0.3 is 4.57 Å². The number of hydrogen-bond acceptors (Lipinski definition) is 4. The first-order chi connectivity index (χ1) is 9.70. The van der Waals surface area contributed by atoms with Crippen molar-refractivity contribution in [3.8, 4) is 0 Å². The lowest BCUT2D eigenvalue weighted by Crippen LogP contribution is -2.08. The minimum atomic E-state index is -0.360. The number of nitrogens with zero attached hydrogens (tertiary/aromatic N) is 5. The second-order valence-electron chi connectivity index (χ2n) is 4.40. The molecule has 102 valence electrons. The van der Waals surface area contributed by atoms with E-state index >= 15 is 0 Å². The molecule has 0 bridgehead atoms. The molecule has 7 nitrogen and oxygen atoms in total. The molecule has 0 aliphatic rings. The van der Waals surface area contributed by atoms with Gasteiger partial charge in [-0.2, -0.15) is 5.10 Å². The van der Waals surface area contributed by atoms with Crippen LogP contribution in [-0.2, 0) is 13.1 Å². The summed E-state index contributed by atoms with van der Waals surface area (Å²) in [6.07, 6.45) is 3.36. The van der Waals surface area contributed by atoms with Gasteiger partial charge in [0.25, 0.3) is 5.69 Å². The largest absolute Gasteiger partial charge is 0.340 e. The van der Waals surface area contributed by atoms with Gasteiger partial charge in [-0.05, 0) is 19.1 Å². The molecule has 0 aliphatic heterocycles. The lowest BCUT2D eigenvalue weighted by molar-refractivity contribution is -0.383. The van der Waals surface area contributed by atoms with E-state index in [0.717, 1.165) is 17.9 Å². The Kier molecular flexibility index (Phi) is 2.94. The molecule has 0 radical (unpaired) electrons. The van der Waals surface area contributed by atoms with E-state index in [1.54, 1.807) is 12.1 Å². The number of hydrogen-bond donors (Lipinski definition) is 0. The van der Waals surface area contributed by atoms with Crippen molar-refractivity contribution in [2.45, 2.75) is 20.0 Å². The number of nitro benzene ring substituents is 1. The van der Waals surface area contributed by atoms with E-state index in [9.17, 15) is 10.1 Å². The van der Waals surface area contributed by atoms with Crippen LogP contribution in [0.15, 0.2) is 36.8 Å². The Morgan fingerprint density at radius 3 is 2.95 bits per heavy atom. The monoisotopic (exact) mass is 271 g/mol. The fourth-order valence-corrected chi connectivity index (χ4v) is 2.33. The Morgan fingerprint density at radius 2 is 2.20 bits per heavy atom. The third-order valence-electron chi connectivity index (χ3n) is 3.29. The molecule has 0 N–H and O–H groups in total. The van der Waals surface area contributed by atoms with Crippen molar-refractivity contribution in [2.24, 2.45) is 0 Å². The third kappa shape index (κ3) is 1.93. The molecule has 0 atom stereocenters. The maximum absolute atomic E-state index is 11.0. The fourth-order valence-electron chi connectivity index (χ4n) is 2.33. The number of aromatic nitrogens is 4. The Bertz CT molecular complexity index is 774. The SMILES string of the molecule is CCn1ncnc1Cn1ccc2c([N+](=O)[O-])cccc21. The molecular weight excluding hydrogens is 258 g/mol. The zero-order valence-electron chi connectivity index (χ0n) is 10.9. The van der Waals surface area contributed by atoms with Gasteiger partial charge in [-0.1, -0.05) is 6.07 Å². The van der Waals surface area contributed by atoms with E-state index in [4.69, 9.17) is 0 Å². The van der Waals surface area contributed by atoms with Gasteiger partial charge in [0.1, 0.15) is 12.2 Å². The number of non-ortho nitro benzene ring substituents is 1. The highest BCUT2D eigenvalue weighted by molar-refractivity contribution is 5.89. The highest BCUT2D eigenvalue weighted by Gasteiger charge is 2.14. The fraction of sp³-hybridized carbons (Fsp3) is 0.231. The van der Waals surface area contributed by atoms with Crippen molar-refractivity contribution in [3.63, 3.8) is 0 Å². The van der Waals surface area contributed by atoms with Crippen molar-refractivity contribution in [2.75, 3.05) is 0 Å². The second-order valence-corrected chi connectivity index (χ2v) is 4.40. The lowest BCUT2D eigenvalue weighted by atomic mass is 10.2. The van der Waals surface area contributed by atoms with Crippen LogP contribution in [0.5, 0.6) is 0 Å². The number of benzene rings is 1. The molecule has 7 heteroatoms. The molecule has 2 aromatic heterocycles. The van der Waals surface area contributed by atoms with Crippen LogP contribution in [0.4, 0.5) is 5.69 Å². The number of fused-ring (bicyclic) bond motifs is 1. The highest BCUT2D eigenvalue weighted by atomic mass is 16.6. The minimum absolute atomic E-state index is 0.123. The van der Waals surface area contributed by atoms with Crippen LogP contribution in [0.3, 0.4) is 0 Å². The Morgan fingerprint density at radius 1 is 1.35 bits per heavy atom. The first-order valence-corrected chi connectivity index (χ1v) is 6.29. The molecule has 0 saturated carbocycles. The minimum Gasteiger partial charge on any atom is -0.340 e. The van der Waals surface area contributed by atoms with Crippen molar-refractivity contribution in [3.05, 3.63) is 52.7 Å². The summed E-state index contributed by atoms with van der Waals surface area (Å²) in [7, 11) is 0. The average molecular weight is 271 g/mol. The molecular formula is C13H13N5O2. The molecule has 0 amide bonds. The summed E-state index contributed by atoms with van der Waals surface area (Å²) >= 11 is 0. The van der Waals surface area contributed by atoms with Crippen molar-refractivity contribution in [1.82, 2.24) is 19.3 Å². The normalized spacial score (nSPS) is 11.1. The summed E-state index contributed by atoms with van der Waals surface area (Å²) in [6.45, 7) is 3.28. The summed E-state index contributed by atoms with van der Waals surface area (Å²) in [5, 5.41) is 15.8. The summed E-state index contributed by atoms with van der Waals surface area (Å²) in [6, 6.07) is 6.85. The number of rotatable bonds is 4. The van der Waals surface area contributed by atoms with Gasteiger partial charge in [0.2, 0.25) is 0 Å². The van der Waals surface area contributed by atoms with E-state index in [2.05, 4.69) is 10.1 Å². The van der Waals surface area contributed by atoms with Gasteiger partial charge in [-0.25, -0.2) is 9.67 Å². The molecule has 0 unspecified atom stereocenters. The van der Waals surface area contributed by atoms with Crippen LogP contribution in [0.25, 0.3) is 10.9 Å². The quantitative estimate of drug-likeness (QED) is 0.538. The lowest BCUT2D eigenvalue weighted by Gasteiger charge is -2.06. The van der Waals surface area contributed by atoms with E-state index in [0.29, 0.717) is 11.9 Å². The summed E-state index contributed by atoms with van der Waals surface area (Å²) in [5.74, 6) is 0.830. The maximum atomic E-state index is 11.0. The van der Waals surface area contributed by atoms with Gasteiger partial charge in [-0.15, -0.1) is 0 Å². The molecule has 3 aromatic rings. The zero-order chi connectivity index (χ0) is 14.1. The predicted octanol–water partition coefficient (Wildman–Crippen LogP) is 2.21. The van der Waals surface area contributed by atoms with Gasteiger partial charge >= 0.3 is 0 Å². The van der Waals surface area contributed by atoms with Crippen LogP contribution in [0.1, 0.15) is 12.7 Å². The second kappa shape index (κ2) is 4.76. The molecule has 0 saturated heterocycles. The summed E-state index contributed by atoms with van der Waals surface area (Å²) in [4.78, 5) is 14.9. The molecule has 3 rings (SSSR count). The molecule has 2 heterocycles. The van der Waals surface area contributed by atoms with Gasteiger partial charge in [0.05, 0.1) is 22.4 Å². The average Bonchev–Trinajstić information content (AvgIpc) is 3.06. The Hall–Kier alpha value is -2.70. The zero-order valence-corrected chi connectivity index (χ0v) is 10.9. The van der Waals surface area contributed by atoms with Crippen LogP contribution in [0.2, 0.25) is 0 Å². The Balaban J connectivity index is 2.05. The number of aryl methyl sites for hydroxylation is 1. The van der Waals surface area contributed by atoms with Gasteiger partial charge in [-0.3, -0.25) is 10.1 Å². The molecule has 20 heavy (non-hydrogen) atoms. The first kappa shape index (κ1) is 12.3. The van der Waals surface area contributed by atoms with E-state index in [1.807, 2.05) is 28.4 Å². The first-order valence-electron chi connectivity index (χ1n) is 6.29. The van der Waals surface area contributed by atoms with Crippen LogP contribution < -0.4 is 0 Å².